The van der Waals surface area contributed by atoms with E-state index < -0.39 is 15.7 Å². The predicted molar refractivity (Wildman–Crippen MR) is 125 cm³/mol. The summed E-state index contributed by atoms with van der Waals surface area (Å²) in [6.45, 7) is 7.65. The van der Waals surface area contributed by atoms with Crippen molar-refractivity contribution in [2.24, 2.45) is 4.99 Å². The van der Waals surface area contributed by atoms with Crippen LogP contribution in [0.3, 0.4) is 0 Å². The molecule has 0 aliphatic carbocycles. The highest BCUT2D eigenvalue weighted by Gasteiger charge is 2.23. The number of nitrogens with one attached hydrogen (secondary N) is 2. The van der Waals surface area contributed by atoms with Crippen LogP contribution in [0.25, 0.3) is 0 Å². The molecular formula is C19H32FIN4O3S. The van der Waals surface area contributed by atoms with Gasteiger partial charge in [0.05, 0.1) is 19.0 Å². The molecular weight excluding hydrogens is 510 g/mol. The summed E-state index contributed by atoms with van der Waals surface area (Å²) in [6, 6.07) is 4.82. The molecule has 1 aromatic rings. The molecule has 1 fully saturated rings. The number of morpholine rings is 1. The first-order valence-corrected chi connectivity index (χ1v) is 11.5. The summed E-state index contributed by atoms with van der Waals surface area (Å²) in [5.41, 5.74) is 1.19. The lowest BCUT2D eigenvalue weighted by atomic mass is 10.1. The van der Waals surface area contributed by atoms with Crippen LogP contribution in [0.2, 0.25) is 0 Å². The van der Waals surface area contributed by atoms with E-state index in [1.54, 1.807) is 7.05 Å². The van der Waals surface area contributed by atoms with Gasteiger partial charge < -0.3 is 15.4 Å². The zero-order valence-electron chi connectivity index (χ0n) is 17.4. The molecule has 2 rings (SSSR count). The van der Waals surface area contributed by atoms with E-state index in [4.69, 9.17) is 4.74 Å². The van der Waals surface area contributed by atoms with Crippen molar-refractivity contribution in [1.82, 2.24) is 15.5 Å². The Kier molecular flexibility index (Phi) is 10.8. The monoisotopic (exact) mass is 542 g/mol. The van der Waals surface area contributed by atoms with E-state index in [0.29, 0.717) is 35.7 Å². The molecule has 1 aliphatic heterocycles. The van der Waals surface area contributed by atoms with Crippen molar-refractivity contribution in [3.63, 3.8) is 0 Å². The van der Waals surface area contributed by atoms with E-state index >= 15 is 0 Å². The third-order valence-corrected chi connectivity index (χ3v) is 5.64. The van der Waals surface area contributed by atoms with Gasteiger partial charge in [0.25, 0.3) is 0 Å². The molecule has 7 nitrogen and oxygen atoms in total. The molecule has 1 aliphatic rings. The number of guanidine groups is 1. The summed E-state index contributed by atoms with van der Waals surface area (Å²) >= 11 is 0. The fourth-order valence-corrected chi connectivity index (χ4v) is 4.18. The molecule has 0 radical (unpaired) electrons. The number of rotatable bonds is 7. The third kappa shape index (κ3) is 8.73. The van der Waals surface area contributed by atoms with Crippen molar-refractivity contribution in [1.29, 1.82) is 0 Å². The van der Waals surface area contributed by atoms with Crippen molar-refractivity contribution in [3.8, 4) is 0 Å². The van der Waals surface area contributed by atoms with Crippen LogP contribution < -0.4 is 10.6 Å². The van der Waals surface area contributed by atoms with Crippen LogP contribution in [0.15, 0.2) is 23.2 Å². The first-order valence-electron chi connectivity index (χ1n) is 9.42. The number of benzene rings is 1. The van der Waals surface area contributed by atoms with E-state index in [9.17, 15) is 12.8 Å². The van der Waals surface area contributed by atoms with Gasteiger partial charge in [0.15, 0.2) is 15.8 Å². The van der Waals surface area contributed by atoms with Gasteiger partial charge in [-0.1, -0.05) is 6.07 Å². The SMILES string of the molecule is CN=C(NCc1cc(F)ccc1CS(C)(=O)=O)NCC(C)N1CCOCC1C.I. The van der Waals surface area contributed by atoms with Crippen LogP contribution in [-0.4, -0.2) is 71.0 Å². The van der Waals surface area contributed by atoms with E-state index in [1.165, 1.54) is 24.5 Å². The smallest absolute Gasteiger partial charge is 0.191 e. The Hall–Kier alpha value is -0.980. The summed E-state index contributed by atoms with van der Waals surface area (Å²) in [6.07, 6.45) is 1.17. The van der Waals surface area contributed by atoms with E-state index in [1.807, 2.05) is 0 Å². The molecule has 1 saturated heterocycles. The fraction of sp³-hybridized carbons (Fsp3) is 0.632. The predicted octanol–water partition coefficient (Wildman–Crippen LogP) is 1.76. The van der Waals surface area contributed by atoms with Crippen molar-refractivity contribution >= 4 is 39.8 Å². The maximum Gasteiger partial charge on any atom is 0.191 e. The van der Waals surface area contributed by atoms with Crippen LogP contribution in [-0.2, 0) is 26.9 Å². The Morgan fingerprint density at radius 2 is 2.10 bits per heavy atom. The maximum absolute atomic E-state index is 13.6. The van der Waals surface area contributed by atoms with Crippen molar-refractivity contribution < 1.29 is 17.5 Å². The highest BCUT2D eigenvalue weighted by atomic mass is 127. The van der Waals surface area contributed by atoms with Gasteiger partial charge in [0.1, 0.15) is 5.82 Å². The quantitative estimate of drug-likeness (QED) is 0.311. The Morgan fingerprint density at radius 3 is 2.72 bits per heavy atom. The van der Waals surface area contributed by atoms with Gasteiger partial charge in [-0.2, -0.15) is 0 Å². The number of sulfone groups is 1. The average molecular weight is 542 g/mol. The van der Waals surface area contributed by atoms with Gasteiger partial charge in [0.2, 0.25) is 0 Å². The minimum absolute atomic E-state index is 0. The molecule has 2 N–H and O–H groups in total. The van der Waals surface area contributed by atoms with Crippen molar-refractivity contribution in [3.05, 3.63) is 35.1 Å². The van der Waals surface area contributed by atoms with Gasteiger partial charge >= 0.3 is 0 Å². The van der Waals surface area contributed by atoms with Gasteiger partial charge in [-0.15, -0.1) is 24.0 Å². The second kappa shape index (κ2) is 12.0. The van der Waals surface area contributed by atoms with Gasteiger partial charge in [-0.3, -0.25) is 9.89 Å². The molecule has 2 atom stereocenters. The molecule has 1 heterocycles. The van der Waals surface area contributed by atoms with E-state index in [-0.39, 0.29) is 36.3 Å². The zero-order chi connectivity index (χ0) is 20.7. The highest BCUT2D eigenvalue weighted by molar-refractivity contribution is 14.0. The fourth-order valence-electron chi connectivity index (χ4n) is 3.34. The van der Waals surface area contributed by atoms with E-state index in [2.05, 4.69) is 34.4 Å². The molecule has 10 heteroatoms. The normalized spacial score (nSPS) is 19.3. The highest BCUT2D eigenvalue weighted by Crippen LogP contribution is 2.14. The lowest BCUT2D eigenvalue weighted by molar-refractivity contribution is -0.0174. The number of nitrogens with zero attached hydrogens (tertiary/aromatic N) is 2. The molecule has 0 saturated carbocycles. The molecule has 166 valence electrons. The lowest BCUT2D eigenvalue weighted by Crippen LogP contribution is -2.53. The minimum atomic E-state index is -3.21. The topological polar surface area (TPSA) is 83.0 Å². The summed E-state index contributed by atoms with van der Waals surface area (Å²) in [7, 11) is -1.54. The second-order valence-electron chi connectivity index (χ2n) is 7.30. The molecule has 0 spiro atoms. The van der Waals surface area contributed by atoms with E-state index in [0.717, 1.165) is 19.8 Å². The van der Waals surface area contributed by atoms with Crippen molar-refractivity contribution in [2.45, 2.75) is 38.2 Å². The standard InChI is InChI=1S/C19H31FN4O3S.HI/c1-14(24-7-8-27-12-15(24)2)10-22-19(21-3)23-11-17-9-18(20)6-5-16(17)13-28(4,25)26;/h5-6,9,14-15H,7-8,10-13H2,1-4H3,(H2,21,22,23);1H. The molecule has 29 heavy (non-hydrogen) atoms. The Bertz CT molecular complexity index is 792. The number of ether oxygens (including phenoxy) is 1. The lowest BCUT2D eigenvalue weighted by Gasteiger charge is -2.38. The van der Waals surface area contributed by atoms with Gasteiger partial charge in [-0.05, 0) is 37.1 Å². The number of aliphatic imine (C=N–C) groups is 1. The van der Waals surface area contributed by atoms with Crippen LogP contribution in [0, 0.1) is 5.82 Å². The third-order valence-electron chi connectivity index (χ3n) is 4.81. The maximum atomic E-state index is 13.6. The average Bonchev–Trinajstić information content (AvgIpc) is 2.63. The summed E-state index contributed by atoms with van der Waals surface area (Å²) in [5.74, 6) is 0.0664. The summed E-state index contributed by atoms with van der Waals surface area (Å²) < 4.78 is 42.4. The Labute approximate surface area is 190 Å². The Balaban J connectivity index is 0.00000420. The molecule has 0 bridgehead atoms. The molecule has 0 aromatic heterocycles. The summed E-state index contributed by atoms with van der Waals surface area (Å²) in [4.78, 5) is 6.59. The van der Waals surface area contributed by atoms with Crippen LogP contribution in [0.5, 0.6) is 0 Å². The van der Waals surface area contributed by atoms with Crippen LogP contribution in [0.1, 0.15) is 25.0 Å². The first-order chi connectivity index (χ1) is 13.2. The largest absolute Gasteiger partial charge is 0.379 e. The van der Waals surface area contributed by atoms with Gasteiger partial charge in [0, 0.05) is 45.0 Å². The second-order valence-corrected chi connectivity index (χ2v) is 9.44. The molecule has 2 unspecified atom stereocenters. The summed E-state index contributed by atoms with van der Waals surface area (Å²) in [5, 5.41) is 6.43. The zero-order valence-corrected chi connectivity index (χ0v) is 20.6. The number of hydrogen-bond donors (Lipinski definition) is 2. The van der Waals surface area contributed by atoms with Crippen molar-refractivity contribution in [2.75, 3.05) is 39.6 Å². The van der Waals surface area contributed by atoms with Crippen LogP contribution in [0.4, 0.5) is 4.39 Å². The van der Waals surface area contributed by atoms with Crippen LogP contribution >= 0.6 is 24.0 Å². The first kappa shape index (κ1) is 26.1. The Morgan fingerprint density at radius 1 is 1.38 bits per heavy atom. The number of hydrogen-bond acceptors (Lipinski definition) is 5. The molecule has 1 aromatic carbocycles. The minimum Gasteiger partial charge on any atom is -0.379 e. The van der Waals surface area contributed by atoms with Gasteiger partial charge in [-0.25, -0.2) is 12.8 Å². The molecule has 0 amide bonds. The number of halogens is 2.